The fourth-order valence-electron chi connectivity index (χ4n) is 8.73. The van der Waals surface area contributed by atoms with Crippen molar-refractivity contribution in [1.82, 2.24) is 0 Å². The number of carbonyl (C=O) groups is 2. The lowest BCUT2D eigenvalue weighted by Crippen LogP contribution is -2.12. The van der Waals surface area contributed by atoms with Crippen LogP contribution in [0.5, 0.6) is 5.75 Å². The van der Waals surface area contributed by atoms with Crippen LogP contribution in [-0.4, -0.2) is 43.3 Å². The molecule has 302 valence electrons. The highest BCUT2D eigenvalue weighted by molar-refractivity contribution is 8.16. The molecule has 0 spiro atoms. The molecular weight excluding hydrogens is 781 g/mol. The fraction of sp³-hybridized carbons (Fsp3) is 0.245. The zero-order chi connectivity index (χ0) is 40.8. The molecule has 9 aromatic carbocycles. The molecule has 0 aromatic heterocycles. The molecule has 0 aliphatic heterocycles. The molecule has 5 nitrogen and oxygen atoms in total. The van der Waals surface area contributed by atoms with Crippen LogP contribution in [0.1, 0.15) is 53.9 Å². The summed E-state index contributed by atoms with van der Waals surface area (Å²) in [5, 5.41) is 15.6. The molecule has 0 amide bonds. The highest BCUT2D eigenvalue weighted by atomic mass is 32.2. The zero-order valence-corrected chi connectivity index (χ0v) is 35.5. The molecular formula is C53H48O5S2. The van der Waals surface area contributed by atoms with E-state index in [1.165, 1.54) is 99.3 Å². The number of thioether (sulfide) groups is 2. The van der Waals surface area contributed by atoms with Crippen LogP contribution in [0.15, 0.2) is 133 Å². The summed E-state index contributed by atoms with van der Waals surface area (Å²) in [6, 6.07) is 47.7. The largest absolute Gasteiger partial charge is 0.494 e. The highest BCUT2D eigenvalue weighted by Crippen LogP contribution is 2.41. The Labute approximate surface area is 359 Å². The molecule has 60 heavy (non-hydrogen) atoms. The van der Waals surface area contributed by atoms with Crippen molar-refractivity contribution in [2.75, 3.05) is 31.3 Å². The predicted molar refractivity (Wildman–Crippen MR) is 253 cm³/mol. The average molecular weight is 829 g/mol. The maximum atomic E-state index is 13.0. The monoisotopic (exact) mass is 828 g/mol. The van der Waals surface area contributed by atoms with Gasteiger partial charge in [-0.1, -0.05) is 121 Å². The standard InChI is InChI=1S/C53H48O5S2/c1-2-56-44-27-23-43(24-28-44)53(59-33-47(54)57-31-5-3-9-35-15-17-41-21-19-37-11-7-13-39-25-29-45(35)51(41)49(37)39)60-34-48(55)58-32-6-4-10-36-16-18-42-22-20-38-12-8-14-40-26-30-46(36)52(42)50(38)40/h7-8,11-30,53H,2-6,9-10,31-34H2,1H3. The molecule has 7 heteroatoms. The van der Waals surface area contributed by atoms with Crippen molar-refractivity contribution in [2.24, 2.45) is 0 Å². The molecule has 0 unspecified atom stereocenters. The average Bonchev–Trinajstić information content (AvgIpc) is 3.28. The van der Waals surface area contributed by atoms with E-state index in [4.69, 9.17) is 14.2 Å². The smallest absolute Gasteiger partial charge is 0.315 e. The number of carbonyl (C=O) groups excluding carboxylic acids is 2. The number of esters is 2. The summed E-state index contributed by atoms with van der Waals surface area (Å²) in [5.41, 5.74) is 3.67. The van der Waals surface area contributed by atoms with Gasteiger partial charge >= 0.3 is 11.9 Å². The van der Waals surface area contributed by atoms with Crippen LogP contribution < -0.4 is 4.74 Å². The first-order chi connectivity index (χ1) is 29.5. The van der Waals surface area contributed by atoms with Gasteiger partial charge in [-0.15, -0.1) is 23.5 Å². The van der Waals surface area contributed by atoms with Gasteiger partial charge in [0, 0.05) is 0 Å². The number of hydrogen-bond donors (Lipinski definition) is 0. The Morgan fingerprint density at radius 1 is 0.483 bits per heavy atom. The first kappa shape index (κ1) is 39.9. The van der Waals surface area contributed by atoms with E-state index in [0.717, 1.165) is 49.8 Å². The van der Waals surface area contributed by atoms with Crippen molar-refractivity contribution >= 4 is 100 Å². The summed E-state index contributed by atoms with van der Waals surface area (Å²) in [6.45, 7) is 3.31. The van der Waals surface area contributed by atoms with Crippen molar-refractivity contribution in [3.8, 4) is 5.75 Å². The number of benzene rings is 9. The summed E-state index contributed by atoms with van der Waals surface area (Å²) in [6.07, 6.45) is 5.29. The number of ether oxygens (including phenoxy) is 3. The zero-order valence-electron chi connectivity index (χ0n) is 33.9. The normalized spacial score (nSPS) is 11.9. The van der Waals surface area contributed by atoms with Gasteiger partial charge in [0.1, 0.15) is 5.75 Å². The second-order valence-electron chi connectivity index (χ2n) is 15.5. The molecule has 0 saturated heterocycles. The first-order valence-corrected chi connectivity index (χ1v) is 23.2. The second kappa shape index (κ2) is 18.4. The number of unbranched alkanes of at least 4 members (excludes halogenated alkanes) is 2. The second-order valence-corrected chi connectivity index (χ2v) is 18.0. The van der Waals surface area contributed by atoms with E-state index >= 15 is 0 Å². The van der Waals surface area contributed by atoms with Crippen molar-refractivity contribution < 1.29 is 23.8 Å². The van der Waals surface area contributed by atoms with Crippen molar-refractivity contribution in [2.45, 2.75) is 50.0 Å². The van der Waals surface area contributed by atoms with Crippen LogP contribution in [0.25, 0.3) is 64.6 Å². The van der Waals surface area contributed by atoms with Gasteiger partial charge in [0.25, 0.3) is 0 Å². The topological polar surface area (TPSA) is 61.8 Å². The minimum Gasteiger partial charge on any atom is -0.494 e. The van der Waals surface area contributed by atoms with E-state index in [0.29, 0.717) is 19.8 Å². The molecule has 0 atom stereocenters. The highest BCUT2D eigenvalue weighted by Gasteiger charge is 2.19. The van der Waals surface area contributed by atoms with Crippen LogP contribution in [0.2, 0.25) is 0 Å². The van der Waals surface area contributed by atoms with Crippen LogP contribution in [0.4, 0.5) is 0 Å². The van der Waals surface area contributed by atoms with Gasteiger partial charge in [0.2, 0.25) is 0 Å². The molecule has 9 aromatic rings. The lowest BCUT2D eigenvalue weighted by molar-refractivity contribution is -0.141. The lowest BCUT2D eigenvalue weighted by atomic mass is 9.91. The Morgan fingerprint density at radius 3 is 1.35 bits per heavy atom. The van der Waals surface area contributed by atoms with Crippen LogP contribution >= 0.6 is 23.5 Å². The quantitative estimate of drug-likeness (QED) is 0.0348. The third-order valence-electron chi connectivity index (χ3n) is 11.6. The number of rotatable bonds is 19. The fourth-order valence-corrected chi connectivity index (χ4v) is 11.0. The van der Waals surface area contributed by atoms with Gasteiger partial charge in [-0.05, 0) is 139 Å². The van der Waals surface area contributed by atoms with Gasteiger partial charge < -0.3 is 14.2 Å². The molecule has 0 radical (unpaired) electrons. The number of hydrogen-bond acceptors (Lipinski definition) is 7. The lowest BCUT2D eigenvalue weighted by Gasteiger charge is -2.17. The Kier molecular flexibility index (Phi) is 12.3. The summed E-state index contributed by atoms with van der Waals surface area (Å²) >= 11 is 2.96. The van der Waals surface area contributed by atoms with Gasteiger partial charge in [-0.25, -0.2) is 0 Å². The SMILES string of the molecule is CCOc1ccc(C(SCC(=O)OCCCCc2ccc3ccc4cccc5ccc2c3c45)SCC(=O)OCCCCc2ccc3ccc4cccc5ccc2c3c45)cc1. The summed E-state index contributed by atoms with van der Waals surface area (Å²) in [5.74, 6) is 0.687. The minimum absolute atomic E-state index is 0.148. The predicted octanol–water partition coefficient (Wildman–Crippen LogP) is 13.5. The van der Waals surface area contributed by atoms with Crippen LogP contribution in [0.3, 0.4) is 0 Å². The third kappa shape index (κ3) is 8.57. The Balaban J connectivity index is 0.737. The minimum atomic E-state index is -0.244. The van der Waals surface area contributed by atoms with Crippen molar-refractivity contribution in [1.29, 1.82) is 0 Å². The van der Waals surface area contributed by atoms with Crippen LogP contribution in [-0.2, 0) is 31.9 Å². The molecule has 0 heterocycles. The maximum Gasteiger partial charge on any atom is 0.315 e. The molecule has 0 saturated carbocycles. The Hall–Kier alpha value is -5.50. The molecule has 0 N–H and O–H groups in total. The van der Waals surface area contributed by atoms with Crippen molar-refractivity contribution in [3.63, 3.8) is 0 Å². The van der Waals surface area contributed by atoms with E-state index in [2.05, 4.69) is 109 Å². The van der Waals surface area contributed by atoms with E-state index in [9.17, 15) is 9.59 Å². The van der Waals surface area contributed by atoms with E-state index in [-0.39, 0.29) is 28.0 Å². The van der Waals surface area contributed by atoms with Gasteiger partial charge in [0.05, 0.1) is 35.9 Å². The maximum absolute atomic E-state index is 13.0. The van der Waals surface area contributed by atoms with Gasteiger partial charge in [0.15, 0.2) is 0 Å². The van der Waals surface area contributed by atoms with Crippen LogP contribution in [0, 0.1) is 0 Å². The van der Waals surface area contributed by atoms with E-state index in [1.807, 2.05) is 31.2 Å². The van der Waals surface area contributed by atoms with E-state index in [1.54, 1.807) is 0 Å². The Bertz CT molecular complexity index is 2700. The number of aryl methyl sites for hydroxylation is 2. The molecule has 0 bridgehead atoms. The summed E-state index contributed by atoms with van der Waals surface area (Å²) in [4.78, 5) is 25.9. The molecule has 0 aliphatic rings. The molecule has 9 rings (SSSR count). The molecule has 0 fully saturated rings. The van der Waals surface area contributed by atoms with Gasteiger partial charge in [-0.2, -0.15) is 0 Å². The summed E-state index contributed by atoms with van der Waals surface area (Å²) in [7, 11) is 0. The van der Waals surface area contributed by atoms with Crippen molar-refractivity contribution in [3.05, 3.63) is 150 Å². The third-order valence-corrected chi connectivity index (χ3v) is 14.4. The van der Waals surface area contributed by atoms with Gasteiger partial charge in [-0.3, -0.25) is 9.59 Å². The first-order valence-electron chi connectivity index (χ1n) is 21.1. The van der Waals surface area contributed by atoms with E-state index < -0.39 is 0 Å². The Morgan fingerprint density at radius 2 is 0.900 bits per heavy atom. The summed E-state index contributed by atoms with van der Waals surface area (Å²) < 4.78 is 16.9. The molecule has 0 aliphatic carbocycles.